The van der Waals surface area contributed by atoms with Crippen molar-refractivity contribution in [2.24, 2.45) is 5.92 Å². The predicted octanol–water partition coefficient (Wildman–Crippen LogP) is 3.93. The van der Waals surface area contributed by atoms with Crippen LogP contribution in [-0.2, 0) is 4.79 Å². The van der Waals surface area contributed by atoms with E-state index in [9.17, 15) is 9.59 Å². The van der Waals surface area contributed by atoms with Crippen molar-refractivity contribution in [1.82, 2.24) is 15.3 Å². The fourth-order valence-electron chi connectivity index (χ4n) is 2.71. The molecule has 0 aliphatic heterocycles. The zero-order chi connectivity index (χ0) is 20.6. The molecule has 1 heterocycles. The van der Waals surface area contributed by atoms with E-state index in [1.54, 1.807) is 24.5 Å². The summed E-state index contributed by atoms with van der Waals surface area (Å²) < 4.78 is 0. The summed E-state index contributed by atoms with van der Waals surface area (Å²) in [5, 5.41) is 8.20. The monoisotopic (exact) mass is 389 g/mol. The van der Waals surface area contributed by atoms with E-state index >= 15 is 0 Å². The van der Waals surface area contributed by atoms with Gasteiger partial charge in [0.1, 0.15) is 6.04 Å². The molecule has 3 aromatic rings. The minimum Gasteiger partial charge on any atom is -0.326 e. The molecule has 1 unspecified atom stereocenters. The van der Waals surface area contributed by atoms with Gasteiger partial charge in [0.05, 0.1) is 18.1 Å². The Kier molecular flexibility index (Phi) is 6.52. The largest absolute Gasteiger partial charge is 0.326 e. The molecule has 3 N–H and O–H groups in total. The van der Waals surface area contributed by atoms with Crippen LogP contribution in [0.3, 0.4) is 0 Å². The second kappa shape index (κ2) is 9.45. The van der Waals surface area contributed by atoms with Crippen molar-refractivity contribution in [3.8, 4) is 11.4 Å². The molecule has 3 amide bonds. The summed E-state index contributed by atoms with van der Waals surface area (Å²) in [5.74, 6) is 0.129. The highest BCUT2D eigenvalue weighted by Crippen LogP contribution is 2.15. The summed E-state index contributed by atoms with van der Waals surface area (Å²) in [7, 11) is 0. The minimum absolute atomic E-state index is 0.110. The third kappa shape index (κ3) is 5.62. The van der Waals surface area contributed by atoms with E-state index in [-0.39, 0.29) is 11.8 Å². The Morgan fingerprint density at radius 1 is 0.793 bits per heavy atom. The SMILES string of the molecule is CC(C)C(NC(=O)Nc1ccccc1)C(=O)Nc1cnc(-c2ccccc2)nc1. The zero-order valence-corrected chi connectivity index (χ0v) is 16.3. The number of nitrogens with one attached hydrogen (secondary N) is 3. The predicted molar refractivity (Wildman–Crippen MR) is 113 cm³/mol. The van der Waals surface area contributed by atoms with Gasteiger partial charge < -0.3 is 16.0 Å². The molecule has 7 heteroatoms. The number of benzene rings is 2. The van der Waals surface area contributed by atoms with Crippen LogP contribution in [0, 0.1) is 5.92 Å². The molecule has 0 aliphatic carbocycles. The first-order valence-electron chi connectivity index (χ1n) is 9.34. The van der Waals surface area contributed by atoms with Crippen molar-refractivity contribution < 1.29 is 9.59 Å². The van der Waals surface area contributed by atoms with Crippen LogP contribution in [0.2, 0.25) is 0 Å². The number of carbonyl (C=O) groups is 2. The first-order valence-corrected chi connectivity index (χ1v) is 9.34. The normalized spacial score (nSPS) is 11.6. The maximum absolute atomic E-state index is 12.7. The van der Waals surface area contributed by atoms with Crippen LogP contribution >= 0.6 is 0 Å². The third-order valence-corrected chi connectivity index (χ3v) is 4.22. The molecule has 7 nitrogen and oxygen atoms in total. The molecule has 0 aliphatic rings. The standard InChI is InChI=1S/C22H23N5O2/c1-15(2)19(27-22(29)26-17-11-7-4-8-12-17)21(28)25-18-13-23-20(24-14-18)16-9-5-3-6-10-16/h3-15,19H,1-2H3,(H,25,28)(H2,26,27,29). The van der Waals surface area contributed by atoms with E-state index in [2.05, 4.69) is 25.9 Å². The van der Waals surface area contributed by atoms with Gasteiger partial charge in [0.15, 0.2) is 5.82 Å². The van der Waals surface area contributed by atoms with Gasteiger partial charge in [-0.15, -0.1) is 0 Å². The van der Waals surface area contributed by atoms with Crippen molar-refractivity contribution in [3.05, 3.63) is 73.1 Å². The lowest BCUT2D eigenvalue weighted by Crippen LogP contribution is -2.48. The second-order valence-electron chi connectivity index (χ2n) is 6.84. The summed E-state index contributed by atoms with van der Waals surface area (Å²) in [4.78, 5) is 33.5. The number of urea groups is 1. The fraction of sp³-hybridized carbons (Fsp3) is 0.182. The first-order chi connectivity index (χ1) is 14.0. The number of nitrogens with zero attached hydrogens (tertiary/aromatic N) is 2. The lowest BCUT2D eigenvalue weighted by molar-refractivity contribution is -0.118. The highest BCUT2D eigenvalue weighted by molar-refractivity contribution is 5.99. The molecule has 2 aromatic carbocycles. The van der Waals surface area contributed by atoms with Gasteiger partial charge in [-0.2, -0.15) is 0 Å². The number of hydrogen-bond donors (Lipinski definition) is 3. The van der Waals surface area contributed by atoms with E-state index in [1.165, 1.54) is 0 Å². The summed E-state index contributed by atoms with van der Waals surface area (Å²) >= 11 is 0. The maximum Gasteiger partial charge on any atom is 0.319 e. The molecule has 0 spiro atoms. The van der Waals surface area contributed by atoms with Gasteiger partial charge in [-0.05, 0) is 18.1 Å². The van der Waals surface area contributed by atoms with Crippen molar-refractivity contribution >= 4 is 23.3 Å². The van der Waals surface area contributed by atoms with Crippen LogP contribution in [0.1, 0.15) is 13.8 Å². The van der Waals surface area contributed by atoms with Crippen LogP contribution < -0.4 is 16.0 Å². The van der Waals surface area contributed by atoms with Gasteiger partial charge in [-0.25, -0.2) is 14.8 Å². The molecule has 1 atom stereocenters. The number of amides is 3. The molecule has 29 heavy (non-hydrogen) atoms. The van der Waals surface area contributed by atoms with Crippen molar-refractivity contribution in [1.29, 1.82) is 0 Å². The number of hydrogen-bond acceptors (Lipinski definition) is 4. The van der Waals surface area contributed by atoms with Crippen LogP contribution in [0.15, 0.2) is 73.1 Å². The Bertz CT molecular complexity index is 944. The molecule has 0 fully saturated rings. The van der Waals surface area contributed by atoms with E-state index in [0.717, 1.165) is 5.56 Å². The van der Waals surface area contributed by atoms with Gasteiger partial charge >= 0.3 is 6.03 Å². The summed E-state index contributed by atoms with van der Waals surface area (Å²) in [6, 6.07) is 17.5. The highest BCUT2D eigenvalue weighted by atomic mass is 16.2. The van der Waals surface area contributed by atoms with Gasteiger partial charge in [-0.1, -0.05) is 62.4 Å². The Hall–Kier alpha value is -3.74. The van der Waals surface area contributed by atoms with E-state index < -0.39 is 12.1 Å². The molecule has 0 radical (unpaired) electrons. The first kappa shape index (κ1) is 20.0. The summed E-state index contributed by atoms with van der Waals surface area (Å²) in [6.45, 7) is 3.73. The second-order valence-corrected chi connectivity index (χ2v) is 6.84. The van der Waals surface area contributed by atoms with Crippen molar-refractivity contribution in [3.63, 3.8) is 0 Å². The van der Waals surface area contributed by atoms with Crippen LogP contribution in [0.4, 0.5) is 16.2 Å². The summed E-state index contributed by atoms with van der Waals surface area (Å²) in [5.41, 5.74) is 2.01. The van der Waals surface area contributed by atoms with Crippen LogP contribution in [-0.4, -0.2) is 27.9 Å². The van der Waals surface area contributed by atoms with Gasteiger partial charge in [0.2, 0.25) is 5.91 Å². The Morgan fingerprint density at radius 3 is 1.97 bits per heavy atom. The lowest BCUT2D eigenvalue weighted by atomic mass is 10.0. The molecule has 0 saturated heterocycles. The number of aromatic nitrogens is 2. The van der Waals surface area contributed by atoms with Crippen molar-refractivity contribution in [2.45, 2.75) is 19.9 Å². The highest BCUT2D eigenvalue weighted by Gasteiger charge is 2.24. The lowest BCUT2D eigenvalue weighted by Gasteiger charge is -2.21. The van der Waals surface area contributed by atoms with Gasteiger partial charge in [0.25, 0.3) is 0 Å². The van der Waals surface area contributed by atoms with Gasteiger partial charge in [-0.3, -0.25) is 4.79 Å². The third-order valence-electron chi connectivity index (χ3n) is 4.22. The number of para-hydroxylation sites is 1. The van der Waals surface area contributed by atoms with E-state index in [4.69, 9.17) is 0 Å². The van der Waals surface area contributed by atoms with E-state index in [0.29, 0.717) is 17.2 Å². The van der Waals surface area contributed by atoms with Crippen molar-refractivity contribution in [2.75, 3.05) is 10.6 Å². The Balaban J connectivity index is 1.62. The molecule has 148 valence electrons. The number of carbonyl (C=O) groups excluding carboxylic acids is 2. The van der Waals surface area contributed by atoms with Gasteiger partial charge in [0, 0.05) is 11.3 Å². The average Bonchev–Trinajstić information content (AvgIpc) is 2.73. The molecule has 3 rings (SSSR count). The molecular formula is C22H23N5O2. The Morgan fingerprint density at radius 2 is 1.38 bits per heavy atom. The quantitative estimate of drug-likeness (QED) is 0.595. The number of anilines is 2. The van der Waals surface area contributed by atoms with E-state index in [1.807, 2.05) is 62.4 Å². The minimum atomic E-state index is -0.715. The summed E-state index contributed by atoms with van der Waals surface area (Å²) in [6.07, 6.45) is 3.10. The van der Waals surface area contributed by atoms with Crippen LogP contribution in [0.5, 0.6) is 0 Å². The molecule has 0 bridgehead atoms. The smallest absolute Gasteiger partial charge is 0.319 e. The topological polar surface area (TPSA) is 96.0 Å². The number of rotatable bonds is 6. The average molecular weight is 389 g/mol. The Labute approximate surface area is 169 Å². The van der Waals surface area contributed by atoms with Crippen LogP contribution in [0.25, 0.3) is 11.4 Å². The molecule has 0 saturated carbocycles. The molecule has 1 aromatic heterocycles. The fourth-order valence-corrected chi connectivity index (χ4v) is 2.71. The zero-order valence-electron chi connectivity index (χ0n) is 16.3. The molecular weight excluding hydrogens is 366 g/mol. The maximum atomic E-state index is 12.7.